The molecule has 36 heavy (non-hydrogen) atoms. The highest BCUT2D eigenvalue weighted by Gasteiger charge is 2.38. The SMILES string of the molecule is C[C@H](Cn1cnc2c(N)ncnc21)OC[P@](=O)(N[C@H](C)C(=O)OC1CCCCC1)NC(C)(C)C(=O)O. The molecular formula is C22H36N7O6P. The van der Waals surface area contributed by atoms with E-state index < -0.39 is 37.1 Å². The van der Waals surface area contributed by atoms with Crippen molar-refractivity contribution < 1.29 is 28.7 Å². The standard InChI is InChI=1S/C22H36N7O6P/c1-14(10-29-12-26-17-18(23)24-11-25-19(17)29)34-13-36(33,28-22(3,4)21(31)32)27-15(2)20(30)35-16-8-6-5-7-9-16/h11-12,14-16H,5-10,13H2,1-4H3,(H,31,32)(H2,23,24,25)(H2,27,28,33)/t14-,15-,36+/m1/s1. The van der Waals surface area contributed by atoms with Gasteiger partial charge in [0, 0.05) is 0 Å². The number of aromatic nitrogens is 4. The maximum atomic E-state index is 13.8. The first kappa shape index (κ1) is 28.0. The van der Waals surface area contributed by atoms with Gasteiger partial charge >= 0.3 is 11.9 Å². The lowest BCUT2D eigenvalue weighted by molar-refractivity contribution is -0.152. The number of nitrogen functional groups attached to an aromatic ring is 1. The van der Waals surface area contributed by atoms with E-state index in [1.807, 2.05) is 0 Å². The molecule has 3 rings (SSSR count). The third-order valence-corrected chi connectivity index (χ3v) is 8.25. The highest BCUT2D eigenvalue weighted by atomic mass is 31.2. The molecule has 0 aromatic carbocycles. The number of nitrogens with two attached hydrogens (primary N) is 1. The van der Waals surface area contributed by atoms with E-state index in [4.69, 9.17) is 15.2 Å². The number of carbonyl (C=O) groups is 2. The minimum absolute atomic E-state index is 0.155. The van der Waals surface area contributed by atoms with Crippen LogP contribution in [0.1, 0.15) is 59.8 Å². The van der Waals surface area contributed by atoms with Gasteiger partial charge in [0.15, 0.2) is 11.5 Å². The molecule has 3 atom stereocenters. The number of esters is 1. The van der Waals surface area contributed by atoms with Gasteiger partial charge in [-0.2, -0.15) is 0 Å². The number of hydrogen-bond acceptors (Lipinski definition) is 9. The minimum atomic E-state index is -3.73. The summed E-state index contributed by atoms with van der Waals surface area (Å²) in [6.07, 6.45) is 6.65. The van der Waals surface area contributed by atoms with Crippen molar-refractivity contribution in [3.05, 3.63) is 12.7 Å². The number of ether oxygens (including phenoxy) is 2. The number of carboxylic acids is 1. The molecule has 1 fully saturated rings. The summed E-state index contributed by atoms with van der Waals surface area (Å²) in [6.45, 7) is 6.40. The first-order chi connectivity index (χ1) is 16.9. The van der Waals surface area contributed by atoms with Crippen molar-refractivity contribution >= 4 is 36.4 Å². The zero-order valence-electron chi connectivity index (χ0n) is 21.1. The van der Waals surface area contributed by atoms with Gasteiger partial charge in [0.05, 0.1) is 19.0 Å². The van der Waals surface area contributed by atoms with Crippen LogP contribution in [0.4, 0.5) is 5.82 Å². The molecule has 5 N–H and O–H groups in total. The fourth-order valence-corrected chi connectivity index (χ4v) is 6.41. The second kappa shape index (κ2) is 11.6. The van der Waals surface area contributed by atoms with Crippen LogP contribution in [0, 0.1) is 0 Å². The van der Waals surface area contributed by atoms with Crippen LogP contribution >= 0.6 is 7.44 Å². The molecule has 0 bridgehead atoms. The van der Waals surface area contributed by atoms with E-state index in [9.17, 15) is 19.3 Å². The maximum absolute atomic E-state index is 13.8. The van der Waals surface area contributed by atoms with Crippen LogP contribution in [0.5, 0.6) is 0 Å². The number of aliphatic carboxylic acids is 1. The summed E-state index contributed by atoms with van der Waals surface area (Å²) in [4.78, 5) is 36.7. The maximum Gasteiger partial charge on any atom is 0.323 e. The van der Waals surface area contributed by atoms with Gasteiger partial charge in [-0.05, 0) is 53.4 Å². The molecule has 2 aromatic heterocycles. The fourth-order valence-electron chi connectivity index (χ4n) is 4.01. The normalized spacial score (nSPS) is 18.4. The van der Waals surface area contributed by atoms with Crippen LogP contribution in [0.25, 0.3) is 11.2 Å². The van der Waals surface area contributed by atoms with Crippen LogP contribution in [0.15, 0.2) is 12.7 Å². The number of rotatable bonds is 12. The second-order valence-corrected chi connectivity index (χ2v) is 12.0. The summed E-state index contributed by atoms with van der Waals surface area (Å²) in [7, 11) is -3.73. The molecule has 14 heteroatoms. The largest absolute Gasteiger partial charge is 0.480 e. The van der Waals surface area contributed by atoms with E-state index in [0.29, 0.717) is 17.7 Å². The predicted molar refractivity (Wildman–Crippen MR) is 133 cm³/mol. The average molecular weight is 526 g/mol. The zero-order valence-corrected chi connectivity index (χ0v) is 22.0. The quantitative estimate of drug-likeness (QED) is 0.234. The van der Waals surface area contributed by atoms with Gasteiger partial charge in [-0.1, -0.05) is 6.42 Å². The van der Waals surface area contributed by atoms with Crippen molar-refractivity contribution in [3.8, 4) is 0 Å². The molecule has 1 saturated carbocycles. The van der Waals surface area contributed by atoms with Gasteiger partial charge in [-0.25, -0.2) is 25.1 Å². The Bertz CT molecular complexity index is 1120. The number of anilines is 1. The number of hydrogen-bond donors (Lipinski definition) is 4. The molecule has 1 aliphatic rings. The minimum Gasteiger partial charge on any atom is -0.480 e. The summed E-state index contributed by atoms with van der Waals surface area (Å²) in [5.41, 5.74) is 5.28. The summed E-state index contributed by atoms with van der Waals surface area (Å²) in [6, 6.07) is -0.939. The Hall–Kier alpha value is -2.60. The van der Waals surface area contributed by atoms with E-state index in [1.165, 1.54) is 20.2 Å². The number of imidazole rings is 1. The fraction of sp³-hybridized carbons (Fsp3) is 0.682. The third-order valence-electron chi connectivity index (χ3n) is 6.01. The summed E-state index contributed by atoms with van der Waals surface area (Å²) in [5.74, 6) is -1.47. The Morgan fingerprint density at radius 2 is 1.94 bits per heavy atom. The Kier molecular flexibility index (Phi) is 9.04. The molecule has 2 heterocycles. The van der Waals surface area contributed by atoms with Crippen molar-refractivity contribution in [2.45, 2.75) is 90.1 Å². The number of carbonyl (C=O) groups excluding carboxylic acids is 1. The molecule has 200 valence electrons. The Morgan fingerprint density at radius 3 is 2.61 bits per heavy atom. The number of nitrogens with zero attached hydrogens (tertiary/aromatic N) is 4. The first-order valence-electron chi connectivity index (χ1n) is 12.0. The van der Waals surface area contributed by atoms with Gasteiger partial charge in [0.2, 0.25) is 7.44 Å². The van der Waals surface area contributed by atoms with Gasteiger partial charge in [-0.3, -0.25) is 14.2 Å². The molecule has 0 saturated heterocycles. The summed E-state index contributed by atoms with van der Waals surface area (Å²) in [5, 5.41) is 15.0. The van der Waals surface area contributed by atoms with E-state index in [2.05, 4.69) is 25.1 Å². The Morgan fingerprint density at radius 1 is 1.25 bits per heavy atom. The van der Waals surface area contributed by atoms with Crippen molar-refractivity contribution in [2.75, 3.05) is 12.1 Å². The van der Waals surface area contributed by atoms with Gasteiger partial charge in [0.25, 0.3) is 0 Å². The number of fused-ring (bicyclic) bond motifs is 1. The molecule has 13 nitrogen and oxygen atoms in total. The lowest BCUT2D eigenvalue weighted by atomic mass is 9.98. The zero-order chi connectivity index (χ0) is 26.5. The van der Waals surface area contributed by atoms with Crippen LogP contribution in [-0.2, 0) is 30.2 Å². The first-order valence-corrected chi connectivity index (χ1v) is 13.9. The molecule has 0 unspecified atom stereocenters. The number of nitrogens with one attached hydrogen (secondary N) is 2. The van der Waals surface area contributed by atoms with Crippen molar-refractivity contribution in [1.82, 2.24) is 29.7 Å². The van der Waals surface area contributed by atoms with Crippen molar-refractivity contribution in [1.29, 1.82) is 0 Å². The van der Waals surface area contributed by atoms with E-state index in [-0.39, 0.29) is 18.3 Å². The second-order valence-electron chi connectivity index (χ2n) is 9.76. The number of carboxylic acid groups (broad SMARTS) is 1. The van der Waals surface area contributed by atoms with Crippen LogP contribution in [0.2, 0.25) is 0 Å². The Balaban J connectivity index is 1.67. The third kappa shape index (κ3) is 7.22. The van der Waals surface area contributed by atoms with Crippen LogP contribution < -0.4 is 15.9 Å². The summed E-state index contributed by atoms with van der Waals surface area (Å²) >= 11 is 0. The molecular weight excluding hydrogens is 489 g/mol. The van der Waals surface area contributed by atoms with E-state index in [1.54, 1.807) is 24.7 Å². The predicted octanol–water partition coefficient (Wildman–Crippen LogP) is 2.27. The monoisotopic (exact) mass is 525 g/mol. The topological polar surface area (TPSA) is 184 Å². The molecule has 0 aliphatic heterocycles. The Labute approximate surface area is 210 Å². The smallest absolute Gasteiger partial charge is 0.323 e. The van der Waals surface area contributed by atoms with E-state index in [0.717, 1.165) is 32.1 Å². The van der Waals surface area contributed by atoms with Crippen molar-refractivity contribution in [2.24, 2.45) is 0 Å². The van der Waals surface area contributed by atoms with Crippen LogP contribution in [-0.4, -0.2) is 66.7 Å². The van der Waals surface area contributed by atoms with Crippen molar-refractivity contribution in [3.63, 3.8) is 0 Å². The molecule has 0 amide bonds. The molecule has 1 aliphatic carbocycles. The lowest BCUT2D eigenvalue weighted by Gasteiger charge is -2.32. The van der Waals surface area contributed by atoms with Gasteiger partial charge in [0.1, 0.15) is 35.9 Å². The van der Waals surface area contributed by atoms with E-state index >= 15 is 0 Å². The lowest BCUT2D eigenvalue weighted by Crippen LogP contribution is -2.49. The molecule has 0 spiro atoms. The van der Waals surface area contributed by atoms with Gasteiger partial charge in [-0.15, -0.1) is 0 Å². The van der Waals surface area contributed by atoms with Crippen LogP contribution in [0.3, 0.4) is 0 Å². The average Bonchev–Trinajstić information content (AvgIpc) is 3.22. The molecule has 0 radical (unpaired) electrons. The van der Waals surface area contributed by atoms with Gasteiger partial charge < -0.3 is 24.9 Å². The summed E-state index contributed by atoms with van der Waals surface area (Å²) < 4.78 is 27.0. The highest BCUT2D eigenvalue weighted by Crippen LogP contribution is 2.40. The molecule has 2 aromatic rings. The highest BCUT2D eigenvalue weighted by molar-refractivity contribution is 7.59.